The lowest BCUT2D eigenvalue weighted by atomic mass is 9.86. The number of benzene rings is 2. The minimum atomic E-state index is 0.722. The maximum Gasteiger partial charge on any atom is -0.0162 e. The van der Waals surface area contributed by atoms with Crippen molar-refractivity contribution in [3.63, 3.8) is 0 Å². The van der Waals surface area contributed by atoms with Crippen LogP contribution < -0.4 is 0 Å². The smallest absolute Gasteiger partial charge is 0.0162 e. The zero-order valence-electron chi connectivity index (χ0n) is 14.2. The lowest BCUT2D eigenvalue weighted by molar-refractivity contribution is 0.494. The Kier molecular flexibility index (Phi) is 7.22. The molecule has 0 N–H and O–H groups in total. The van der Waals surface area contributed by atoms with Crippen LogP contribution in [0.15, 0.2) is 60.7 Å². The third kappa shape index (κ3) is 5.02. The van der Waals surface area contributed by atoms with Gasteiger partial charge in [0.05, 0.1) is 0 Å². The Hall–Kier alpha value is -1.56. The van der Waals surface area contributed by atoms with Gasteiger partial charge in [-0.3, -0.25) is 0 Å². The molecule has 0 fully saturated rings. The molecule has 0 bridgehead atoms. The number of hydrogen-bond donors (Lipinski definition) is 0. The Morgan fingerprint density at radius 3 is 1.64 bits per heavy atom. The van der Waals surface area contributed by atoms with Gasteiger partial charge in [-0.2, -0.15) is 0 Å². The first-order chi connectivity index (χ1) is 10.8. The molecule has 0 heterocycles. The third-order valence-electron chi connectivity index (χ3n) is 4.78. The van der Waals surface area contributed by atoms with E-state index in [4.69, 9.17) is 0 Å². The topological polar surface area (TPSA) is 0 Å². The first-order valence-corrected chi connectivity index (χ1v) is 8.95. The van der Waals surface area contributed by atoms with Crippen LogP contribution in [0.4, 0.5) is 0 Å². The maximum absolute atomic E-state index is 2.32. The molecule has 2 rings (SSSR count). The van der Waals surface area contributed by atoms with Crippen LogP contribution in [-0.2, 0) is 0 Å². The molecular formula is C22H30. The van der Waals surface area contributed by atoms with E-state index < -0.39 is 0 Å². The molecule has 0 saturated heterocycles. The highest BCUT2D eigenvalue weighted by molar-refractivity contribution is 5.20. The molecule has 0 radical (unpaired) electrons. The normalized spacial score (nSPS) is 13.7. The second-order valence-electron chi connectivity index (χ2n) is 6.34. The molecule has 0 aliphatic heterocycles. The summed E-state index contributed by atoms with van der Waals surface area (Å²) in [4.78, 5) is 0. The molecule has 0 aliphatic rings. The van der Waals surface area contributed by atoms with Crippen LogP contribution in [-0.4, -0.2) is 0 Å². The molecule has 0 nitrogen and oxygen atoms in total. The quantitative estimate of drug-likeness (QED) is 0.470. The first kappa shape index (κ1) is 16.8. The Labute approximate surface area is 136 Å². The van der Waals surface area contributed by atoms with E-state index in [2.05, 4.69) is 74.5 Å². The predicted octanol–water partition coefficient (Wildman–Crippen LogP) is 6.93. The molecule has 22 heavy (non-hydrogen) atoms. The summed E-state index contributed by atoms with van der Waals surface area (Å²) in [6, 6.07) is 22.1. The minimum absolute atomic E-state index is 0.722. The SMILES string of the molecule is CCCC(CCCC(CC)c1ccccc1)c1ccccc1. The van der Waals surface area contributed by atoms with Gasteiger partial charge >= 0.3 is 0 Å². The summed E-state index contributed by atoms with van der Waals surface area (Å²) < 4.78 is 0. The molecule has 0 heteroatoms. The number of hydrogen-bond acceptors (Lipinski definition) is 0. The second kappa shape index (κ2) is 9.46. The van der Waals surface area contributed by atoms with Crippen LogP contribution in [0.3, 0.4) is 0 Å². The van der Waals surface area contributed by atoms with E-state index in [-0.39, 0.29) is 0 Å². The highest BCUT2D eigenvalue weighted by Gasteiger charge is 2.13. The molecule has 0 spiro atoms. The summed E-state index contributed by atoms with van der Waals surface area (Å²) in [5, 5.41) is 0. The van der Waals surface area contributed by atoms with Gasteiger partial charge in [0.2, 0.25) is 0 Å². The van der Waals surface area contributed by atoms with E-state index in [0.29, 0.717) is 0 Å². The molecule has 0 aliphatic carbocycles. The van der Waals surface area contributed by atoms with Crippen LogP contribution in [0, 0.1) is 0 Å². The summed E-state index contributed by atoms with van der Waals surface area (Å²) in [5.41, 5.74) is 3.04. The molecule has 0 aromatic heterocycles. The molecule has 0 amide bonds. The predicted molar refractivity (Wildman–Crippen MR) is 97.4 cm³/mol. The van der Waals surface area contributed by atoms with E-state index in [9.17, 15) is 0 Å². The van der Waals surface area contributed by atoms with Gasteiger partial charge < -0.3 is 0 Å². The van der Waals surface area contributed by atoms with Gasteiger partial charge in [0.15, 0.2) is 0 Å². The lowest BCUT2D eigenvalue weighted by Gasteiger charge is -2.19. The minimum Gasteiger partial charge on any atom is -0.0654 e. The zero-order chi connectivity index (χ0) is 15.6. The Bertz CT molecular complexity index is 500. The van der Waals surface area contributed by atoms with E-state index in [1.54, 1.807) is 0 Å². The van der Waals surface area contributed by atoms with Crippen LogP contribution in [0.25, 0.3) is 0 Å². The molecule has 2 unspecified atom stereocenters. The summed E-state index contributed by atoms with van der Waals surface area (Å²) in [6.07, 6.45) is 7.79. The van der Waals surface area contributed by atoms with Crippen LogP contribution in [0.2, 0.25) is 0 Å². The average molecular weight is 294 g/mol. The third-order valence-corrected chi connectivity index (χ3v) is 4.78. The number of rotatable bonds is 9. The highest BCUT2D eigenvalue weighted by atomic mass is 14.2. The van der Waals surface area contributed by atoms with Crippen molar-refractivity contribution in [2.24, 2.45) is 0 Å². The fourth-order valence-electron chi connectivity index (χ4n) is 3.49. The van der Waals surface area contributed by atoms with E-state index >= 15 is 0 Å². The lowest BCUT2D eigenvalue weighted by Crippen LogP contribution is -2.02. The first-order valence-electron chi connectivity index (χ1n) is 8.95. The van der Waals surface area contributed by atoms with Crippen molar-refractivity contribution in [2.75, 3.05) is 0 Å². The Morgan fingerprint density at radius 1 is 0.636 bits per heavy atom. The largest absolute Gasteiger partial charge is 0.0654 e. The monoisotopic (exact) mass is 294 g/mol. The van der Waals surface area contributed by atoms with Crippen LogP contribution in [0.5, 0.6) is 0 Å². The molecule has 2 aromatic carbocycles. The zero-order valence-corrected chi connectivity index (χ0v) is 14.2. The van der Waals surface area contributed by atoms with E-state index in [1.807, 2.05) is 0 Å². The second-order valence-corrected chi connectivity index (χ2v) is 6.34. The van der Waals surface area contributed by atoms with Gasteiger partial charge in [0, 0.05) is 0 Å². The van der Waals surface area contributed by atoms with Gasteiger partial charge in [0.25, 0.3) is 0 Å². The van der Waals surface area contributed by atoms with Crippen LogP contribution >= 0.6 is 0 Å². The van der Waals surface area contributed by atoms with Gasteiger partial charge in [0.1, 0.15) is 0 Å². The van der Waals surface area contributed by atoms with Gasteiger partial charge in [-0.05, 0) is 48.6 Å². The van der Waals surface area contributed by atoms with Crippen molar-refractivity contribution in [1.29, 1.82) is 0 Å². The van der Waals surface area contributed by atoms with Crippen molar-refractivity contribution >= 4 is 0 Å². The van der Waals surface area contributed by atoms with Gasteiger partial charge in [-0.25, -0.2) is 0 Å². The molecule has 0 saturated carbocycles. The van der Waals surface area contributed by atoms with Gasteiger partial charge in [-0.15, -0.1) is 0 Å². The highest BCUT2D eigenvalue weighted by Crippen LogP contribution is 2.31. The fourth-order valence-corrected chi connectivity index (χ4v) is 3.49. The molecule has 118 valence electrons. The molecule has 2 atom stereocenters. The van der Waals surface area contributed by atoms with Crippen molar-refractivity contribution in [3.05, 3.63) is 71.8 Å². The molecular weight excluding hydrogens is 264 g/mol. The fraction of sp³-hybridized carbons (Fsp3) is 0.455. The van der Waals surface area contributed by atoms with E-state index in [1.165, 1.54) is 49.7 Å². The Morgan fingerprint density at radius 2 is 1.14 bits per heavy atom. The van der Waals surface area contributed by atoms with Crippen LogP contribution in [0.1, 0.15) is 75.3 Å². The average Bonchev–Trinajstić information content (AvgIpc) is 2.59. The summed E-state index contributed by atoms with van der Waals surface area (Å²) in [6.45, 7) is 4.62. The van der Waals surface area contributed by atoms with Gasteiger partial charge in [-0.1, -0.05) is 87.4 Å². The van der Waals surface area contributed by atoms with Crippen molar-refractivity contribution in [2.45, 2.75) is 64.2 Å². The van der Waals surface area contributed by atoms with Crippen molar-refractivity contribution < 1.29 is 0 Å². The summed E-state index contributed by atoms with van der Waals surface area (Å²) in [5.74, 6) is 1.46. The van der Waals surface area contributed by atoms with Crippen molar-refractivity contribution in [1.82, 2.24) is 0 Å². The standard InChI is InChI=1S/C22H30/c1-3-12-20(22-15-9-6-10-16-22)18-11-17-19(4-2)21-13-7-5-8-14-21/h5-10,13-16,19-20H,3-4,11-12,17-18H2,1-2H3. The van der Waals surface area contributed by atoms with E-state index in [0.717, 1.165) is 11.8 Å². The molecule has 2 aromatic rings. The Balaban J connectivity index is 1.89. The maximum atomic E-state index is 2.32. The van der Waals surface area contributed by atoms with Crippen molar-refractivity contribution in [3.8, 4) is 0 Å². The summed E-state index contributed by atoms with van der Waals surface area (Å²) in [7, 11) is 0. The summed E-state index contributed by atoms with van der Waals surface area (Å²) >= 11 is 0.